The molecule has 0 fully saturated rings. The SMILES string of the molecule is CCc1cccc(Cn2nc(C)ccc2=O)c1. The van der Waals surface area contributed by atoms with Gasteiger partial charge in [0.25, 0.3) is 5.56 Å². The van der Waals surface area contributed by atoms with E-state index in [0.29, 0.717) is 6.54 Å². The van der Waals surface area contributed by atoms with Gasteiger partial charge in [-0.15, -0.1) is 0 Å². The number of rotatable bonds is 3. The van der Waals surface area contributed by atoms with Gasteiger partial charge < -0.3 is 0 Å². The van der Waals surface area contributed by atoms with Gasteiger partial charge in [0.15, 0.2) is 0 Å². The molecule has 17 heavy (non-hydrogen) atoms. The van der Waals surface area contributed by atoms with Crippen LogP contribution in [-0.2, 0) is 13.0 Å². The second-order valence-electron chi connectivity index (χ2n) is 4.14. The minimum Gasteiger partial charge on any atom is -0.268 e. The summed E-state index contributed by atoms with van der Waals surface area (Å²) in [4.78, 5) is 11.6. The van der Waals surface area contributed by atoms with E-state index in [0.717, 1.165) is 17.7 Å². The molecular formula is C14H16N2O. The van der Waals surface area contributed by atoms with Crippen LogP contribution < -0.4 is 5.56 Å². The third-order valence-electron chi connectivity index (χ3n) is 2.73. The highest BCUT2D eigenvalue weighted by molar-refractivity contribution is 5.23. The Morgan fingerprint density at radius 3 is 2.71 bits per heavy atom. The van der Waals surface area contributed by atoms with Crippen molar-refractivity contribution in [1.82, 2.24) is 9.78 Å². The highest BCUT2D eigenvalue weighted by Gasteiger charge is 2.00. The van der Waals surface area contributed by atoms with Crippen LogP contribution in [0.2, 0.25) is 0 Å². The van der Waals surface area contributed by atoms with Gasteiger partial charge in [-0.1, -0.05) is 31.2 Å². The van der Waals surface area contributed by atoms with Crippen molar-refractivity contribution in [2.75, 3.05) is 0 Å². The van der Waals surface area contributed by atoms with E-state index in [2.05, 4.69) is 24.2 Å². The number of benzene rings is 1. The fraction of sp³-hybridized carbons (Fsp3) is 0.286. The molecule has 0 radical (unpaired) electrons. The quantitative estimate of drug-likeness (QED) is 0.807. The third-order valence-corrected chi connectivity index (χ3v) is 2.73. The summed E-state index contributed by atoms with van der Waals surface area (Å²) >= 11 is 0. The molecule has 0 unspecified atom stereocenters. The maximum atomic E-state index is 11.6. The van der Waals surface area contributed by atoms with Crippen molar-refractivity contribution < 1.29 is 0 Å². The van der Waals surface area contributed by atoms with Crippen molar-refractivity contribution in [2.45, 2.75) is 26.8 Å². The van der Waals surface area contributed by atoms with E-state index in [1.54, 1.807) is 12.1 Å². The highest BCUT2D eigenvalue weighted by Crippen LogP contribution is 2.06. The zero-order valence-electron chi connectivity index (χ0n) is 10.2. The van der Waals surface area contributed by atoms with Gasteiger partial charge in [0.1, 0.15) is 0 Å². The summed E-state index contributed by atoms with van der Waals surface area (Å²) in [6.07, 6.45) is 1.00. The molecule has 0 aliphatic heterocycles. The molecule has 3 nitrogen and oxygen atoms in total. The second-order valence-corrected chi connectivity index (χ2v) is 4.14. The average molecular weight is 228 g/mol. The summed E-state index contributed by atoms with van der Waals surface area (Å²) in [5, 5.41) is 4.23. The molecule has 0 amide bonds. The van der Waals surface area contributed by atoms with E-state index in [-0.39, 0.29) is 5.56 Å². The number of aryl methyl sites for hydroxylation is 2. The lowest BCUT2D eigenvalue weighted by Gasteiger charge is -2.06. The first-order valence-electron chi connectivity index (χ1n) is 5.81. The molecule has 0 saturated carbocycles. The largest absolute Gasteiger partial charge is 0.268 e. The van der Waals surface area contributed by atoms with Crippen LogP contribution in [-0.4, -0.2) is 9.78 Å². The summed E-state index contributed by atoms with van der Waals surface area (Å²) < 4.78 is 1.50. The molecule has 88 valence electrons. The molecule has 0 N–H and O–H groups in total. The Labute approximate surface area is 101 Å². The molecule has 0 aliphatic rings. The van der Waals surface area contributed by atoms with Crippen molar-refractivity contribution in [3.8, 4) is 0 Å². The van der Waals surface area contributed by atoms with Crippen molar-refractivity contribution in [2.24, 2.45) is 0 Å². The first-order valence-corrected chi connectivity index (χ1v) is 5.81. The van der Waals surface area contributed by atoms with Gasteiger partial charge in [0.2, 0.25) is 0 Å². The molecule has 0 spiro atoms. The Morgan fingerprint density at radius 1 is 1.18 bits per heavy atom. The summed E-state index contributed by atoms with van der Waals surface area (Å²) in [6.45, 7) is 4.54. The van der Waals surface area contributed by atoms with E-state index in [9.17, 15) is 4.79 Å². The van der Waals surface area contributed by atoms with Crippen LogP contribution in [0, 0.1) is 6.92 Å². The Balaban J connectivity index is 2.31. The first-order chi connectivity index (χ1) is 8.19. The van der Waals surface area contributed by atoms with E-state index >= 15 is 0 Å². The number of aromatic nitrogens is 2. The Hall–Kier alpha value is -1.90. The molecule has 0 atom stereocenters. The van der Waals surface area contributed by atoms with Crippen molar-refractivity contribution >= 4 is 0 Å². The average Bonchev–Trinajstić information content (AvgIpc) is 2.34. The van der Waals surface area contributed by atoms with Gasteiger partial charge in [-0.25, -0.2) is 4.68 Å². The molecule has 0 saturated heterocycles. The number of hydrogen-bond acceptors (Lipinski definition) is 2. The van der Waals surface area contributed by atoms with E-state index in [1.807, 2.05) is 19.1 Å². The molecule has 2 rings (SSSR count). The molecule has 1 aromatic carbocycles. The number of hydrogen-bond donors (Lipinski definition) is 0. The molecule has 0 aliphatic carbocycles. The van der Waals surface area contributed by atoms with Gasteiger partial charge in [0.05, 0.1) is 12.2 Å². The second kappa shape index (κ2) is 4.95. The van der Waals surface area contributed by atoms with Crippen LogP contribution in [0.3, 0.4) is 0 Å². The monoisotopic (exact) mass is 228 g/mol. The van der Waals surface area contributed by atoms with E-state index < -0.39 is 0 Å². The number of nitrogens with zero attached hydrogens (tertiary/aromatic N) is 2. The Morgan fingerprint density at radius 2 is 1.94 bits per heavy atom. The summed E-state index contributed by atoms with van der Waals surface area (Å²) in [7, 11) is 0. The van der Waals surface area contributed by atoms with Crippen molar-refractivity contribution in [3.63, 3.8) is 0 Å². The van der Waals surface area contributed by atoms with Crippen LogP contribution in [0.4, 0.5) is 0 Å². The molecule has 1 aromatic heterocycles. The fourth-order valence-electron chi connectivity index (χ4n) is 1.79. The normalized spacial score (nSPS) is 10.5. The highest BCUT2D eigenvalue weighted by atomic mass is 16.1. The Kier molecular flexibility index (Phi) is 3.38. The molecular weight excluding hydrogens is 212 g/mol. The summed E-state index contributed by atoms with van der Waals surface area (Å²) in [5.74, 6) is 0. The Bertz CT molecular complexity index is 572. The van der Waals surface area contributed by atoms with Gasteiger partial charge in [-0.2, -0.15) is 5.10 Å². The maximum Gasteiger partial charge on any atom is 0.267 e. The predicted molar refractivity (Wildman–Crippen MR) is 68.2 cm³/mol. The standard InChI is InChI=1S/C14H16N2O/c1-3-12-5-4-6-13(9-12)10-16-14(17)8-7-11(2)15-16/h4-9H,3,10H2,1-2H3. The predicted octanol–water partition coefficient (Wildman–Crippen LogP) is 2.16. The van der Waals surface area contributed by atoms with Crippen LogP contribution >= 0.6 is 0 Å². The van der Waals surface area contributed by atoms with E-state index in [1.165, 1.54) is 10.2 Å². The molecule has 2 aromatic rings. The lowest BCUT2D eigenvalue weighted by Crippen LogP contribution is -2.22. The maximum absolute atomic E-state index is 11.6. The minimum atomic E-state index is -0.0579. The first kappa shape index (κ1) is 11.6. The third kappa shape index (κ3) is 2.81. The smallest absolute Gasteiger partial charge is 0.267 e. The van der Waals surface area contributed by atoms with Gasteiger partial charge in [0, 0.05) is 6.07 Å². The molecule has 1 heterocycles. The zero-order valence-corrected chi connectivity index (χ0v) is 10.2. The lowest BCUT2D eigenvalue weighted by molar-refractivity contribution is 0.628. The van der Waals surface area contributed by atoms with Gasteiger partial charge in [-0.05, 0) is 30.5 Å². The zero-order chi connectivity index (χ0) is 12.3. The molecule has 0 bridgehead atoms. The van der Waals surface area contributed by atoms with Crippen LogP contribution in [0.15, 0.2) is 41.2 Å². The molecule has 3 heteroatoms. The van der Waals surface area contributed by atoms with E-state index in [4.69, 9.17) is 0 Å². The lowest BCUT2D eigenvalue weighted by atomic mass is 10.1. The van der Waals surface area contributed by atoms with Gasteiger partial charge in [-0.3, -0.25) is 4.79 Å². The minimum absolute atomic E-state index is 0.0579. The van der Waals surface area contributed by atoms with Crippen molar-refractivity contribution in [3.05, 3.63) is 63.6 Å². The van der Waals surface area contributed by atoms with Crippen LogP contribution in [0.5, 0.6) is 0 Å². The summed E-state index contributed by atoms with van der Waals surface area (Å²) in [6, 6.07) is 11.6. The van der Waals surface area contributed by atoms with Crippen molar-refractivity contribution in [1.29, 1.82) is 0 Å². The van der Waals surface area contributed by atoms with Gasteiger partial charge >= 0.3 is 0 Å². The summed E-state index contributed by atoms with van der Waals surface area (Å²) in [5.41, 5.74) is 3.20. The van der Waals surface area contributed by atoms with Crippen LogP contribution in [0.25, 0.3) is 0 Å². The van der Waals surface area contributed by atoms with Crippen LogP contribution in [0.1, 0.15) is 23.7 Å². The fourth-order valence-corrected chi connectivity index (χ4v) is 1.79. The topological polar surface area (TPSA) is 34.9 Å².